The third-order valence-corrected chi connectivity index (χ3v) is 5.05. The van der Waals surface area contributed by atoms with Crippen LogP contribution in [-0.4, -0.2) is 18.8 Å². The van der Waals surface area contributed by atoms with Gasteiger partial charge in [0.1, 0.15) is 9.39 Å². The maximum atomic E-state index is 5.96. The normalized spacial score (nSPS) is 13.3. The van der Waals surface area contributed by atoms with Gasteiger partial charge in [-0.05, 0) is 29.5 Å². The summed E-state index contributed by atoms with van der Waals surface area (Å²) in [6, 6.07) is 0. The Morgan fingerprint density at radius 2 is 1.80 bits per heavy atom. The second kappa shape index (κ2) is 4.90. The molecule has 0 unspecified atom stereocenters. The van der Waals surface area contributed by atoms with E-state index < -0.39 is 8.13 Å². The van der Waals surface area contributed by atoms with Gasteiger partial charge in [-0.25, -0.2) is 4.68 Å². The van der Waals surface area contributed by atoms with E-state index in [1.165, 1.54) is 0 Å². The van der Waals surface area contributed by atoms with E-state index in [4.69, 9.17) is 58.0 Å². The first-order chi connectivity index (χ1) is 6.71. The van der Waals surface area contributed by atoms with Crippen molar-refractivity contribution in [3.63, 3.8) is 0 Å². The highest BCUT2D eigenvalue weighted by molar-refractivity contribution is 14.1. The third kappa shape index (κ3) is 2.77. The van der Waals surface area contributed by atoms with Crippen LogP contribution in [0.3, 0.4) is 0 Å². The van der Waals surface area contributed by atoms with Crippen LogP contribution in [0.4, 0.5) is 0 Å². The fourth-order valence-electron chi connectivity index (χ4n) is 0.830. The van der Waals surface area contributed by atoms with Gasteiger partial charge in [-0.15, -0.1) is 5.10 Å². The molecule has 9 heteroatoms. The quantitative estimate of drug-likeness (QED) is 0.534. The fourth-order valence-corrected chi connectivity index (χ4v) is 2.62. The Bertz CT molecular complexity index is 358. The van der Waals surface area contributed by atoms with Crippen molar-refractivity contribution in [2.75, 3.05) is 0 Å². The van der Waals surface area contributed by atoms with E-state index in [-0.39, 0.29) is 5.69 Å². The molecule has 0 aromatic carbocycles. The summed E-state index contributed by atoms with van der Waals surface area (Å²) < 4.78 is -1.34. The van der Waals surface area contributed by atoms with Crippen molar-refractivity contribution >= 4 is 80.6 Å². The van der Waals surface area contributed by atoms with Gasteiger partial charge >= 0.3 is 0 Å². The molecule has 0 bridgehead atoms. The molecule has 0 fully saturated rings. The summed E-state index contributed by atoms with van der Waals surface area (Å²) >= 11 is 30.9. The first-order valence-corrected chi connectivity index (χ1v) is 6.72. The van der Waals surface area contributed by atoms with E-state index in [1.54, 1.807) is 4.68 Å². The van der Waals surface area contributed by atoms with Gasteiger partial charge in [-0.2, -0.15) is 0 Å². The van der Waals surface area contributed by atoms with Gasteiger partial charge in [0.05, 0.1) is 0 Å². The highest BCUT2D eigenvalue weighted by Gasteiger charge is 2.51. The Labute approximate surface area is 125 Å². The summed E-state index contributed by atoms with van der Waals surface area (Å²) in [5, 5.41) is 7.64. The summed E-state index contributed by atoms with van der Waals surface area (Å²) in [7, 11) is 0. The minimum absolute atomic E-state index is 0.244. The molecule has 86 valence electrons. The summed E-state index contributed by atoms with van der Waals surface area (Å²) in [6.07, 6.45) is 0. The lowest BCUT2D eigenvalue weighted by molar-refractivity contribution is 0.614. The number of halogens is 6. The molecule has 15 heavy (non-hydrogen) atoms. The molecule has 1 aromatic heterocycles. The Morgan fingerprint density at radius 3 is 2.13 bits per heavy atom. The van der Waals surface area contributed by atoms with Crippen LogP contribution < -0.4 is 0 Å². The predicted molar refractivity (Wildman–Crippen MR) is 72.1 cm³/mol. The van der Waals surface area contributed by atoms with Gasteiger partial charge in [0, 0.05) is 6.54 Å². The first-order valence-electron chi connectivity index (χ1n) is 3.75. The average Bonchev–Trinajstić information content (AvgIpc) is 2.44. The highest BCUT2D eigenvalue weighted by Crippen LogP contribution is 2.52. The van der Waals surface area contributed by atoms with E-state index in [0.29, 0.717) is 10.2 Å². The van der Waals surface area contributed by atoms with Gasteiger partial charge in [0.15, 0.2) is 0 Å². The number of hydrogen-bond acceptors (Lipinski definition) is 2. The lowest BCUT2D eigenvalue weighted by atomic mass is 10.3. The van der Waals surface area contributed by atoms with Crippen molar-refractivity contribution in [3.8, 4) is 0 Å². The van der Waals surface area contributed by atoms with Crippen LogP contribution in [0.25, 0.3) is 0 Å². The van der Waals surface area contributed by atoms with E-state index in [2.05, 4.69) is 10.3 Å². The minimum Gasteiger partial charge on any atom is -0.239 e. The van der Waals surface area contributed by atoms with Crippen LogP contribution in [0.15, 0.2) is 0 Å². The van der Waals surface area contributed by atoms with E-state index in [1.807, 2.05) is 29.5 Å². The minimum atomic E-state index is -1.87. The molecule has 0 spiro atoms. The van der Waals surface area contributed by atoms with Gasteiger partial charge in [0.2, 0.25) is 8.13 Å². The molecule has 1 rings (SSSR count). The van der Waals surface area contributed by atoms with E-state index in [9.17, 15) is 0 Å². The van der Waals surface area contributed by atoms with E-state index >= 15 is 0 Å². The zero-order valence-electron chi connectivity index (χ0n) is 7.32. The number of alkyl halides is 5. The van der Waals surface area contributed by atoms with Crippen molar-refractivity contribution < 1.29 is 0 Å². The van der Waals surface area contributed by atoms with Crippen molar-refractivity contribution in [1.82, 2.24) is 15.0 Å². The van der Waals surface area contributed by atoms with Crippen LogP contribution in [-0.2, 0) is 10.9 Å². The Kier molecular flexibility index (Phi) is 4.70. The summed E-state index contributed by atoms with van der Waals surface area (Å²) in [4.78, 5) is 0. The molecule has 3 nitrogen and oxygen atoms in total. The van der Waals surface area contributed by atoms with Crippen molar-refractivity contribution in [2.24, 2.45) is 0 Å². The standard InChI is InChI=1S/C6H5Cl5IN3/c1-2-15-4(12)3(13-14-15)5(7,8)6(9,10)11/h2H2,1H3. The van der Waals surface area contributed by atoms with Gasteiger partial charge < -0.3 is 0 Å². The molecule has 0 atom stereocenters. The molecule has 1 heterocycles. The van der Waals surface area contributed by atoms with Gasteiger partial charge in [-0.1, -0.05) is 63.2 Å². The summed E-state index contributed by atoms with van der Waals surface area (Å²) in [5.41, 5.74) is 0.244. The monoisotopic (exact) mass is 421 g/mol. The molecule has 0 amide bonds. The van der Waals surface area contributed by atoms with E-state index in [0.717, 1.165) is 0 Å². The lowest BCUT2D eigenvalue weighted by Gasteiger charge is -2.25. The molecule has 0 aliphatic carbocycles. The Balaban J connectivity index is 3.22. The summed E-state index contributed by atoms with van der Waals surface area (Å²) in [5.74, 6) is 0. The molecule has 0 radical (unpaired) electrons. The molecule has 0 aliphatic heterocycles. The van der Waals surface area contributed by atoms with Crippen LogP contribution in [0, 0.1) is 3.70 Å². The maximum absolute atomic E-state index is 5.96. The molecule has 0 aliphatic rings. The van der Waals surface area contributed by atoms with Crippen molar-refractivity contribution in [2.45, 2.75) is 21.6 Å². The number of aromatic nitrogens is 3. The predicted octanol–water partition coefficient (Wildman–Crippen LogP) is 3.90. The largest absolute Gasteiger partial charge is 0.239 e. The molecule has 0 saturated carbocycles. The number of hydrogen-bond donors (Lipinski definition) is 0. The molecular weight excluding hydrogens is 418 g/mol. The van der Waals surface area contributed by atoms with Gasteiger partial charge in [0.25, 0.3) is 0 Å². The van der Waals surface area contributed by atoms with Crippen molar-refractivity contribution in [3.05, 3.63) is 9.39 Å². The topological polar surface area (TPSA) is 30.7 Å². The zero-order chi connectivity index (χ0) is 11.9. The Morgan fingerprint density at radius 1 is 1.27 bits per heavy atom. The molecular formula is C6H5Cl5IN3. The highest BCUT2D eigenvalue weighted by atomic mass is 127. The lowest BCUT2D eigenvalue weighted by Crippen LogP contribution is -2.29. The molecule has 1 aromatic rings. The second-order valence-electron chi connectivity index (χ2n) is 2.62. The fraction of sp³-hybridized carbons (Fsp3) is 0.667. The number of aryl methyl sites for hydroxylation is 1. The van der Waals surface area contributed by atoms with Crippen molar-refractivity contribution in [1.29, 1.82) is 0 Å². The SMILES string of the molecule is CCn1nnc(C(Cl)(Cl)C(Cl)(Cl)Cl)c1I. The maximum Gasteiger partial charge on any atom is 0.228 e. The zero-order valence-corrected chi connectivity index (χ0v) is 13.3. The number of nitrogens with zero attached hydrogens (tertiary/aromatic N) is 3. The molecule has 0 saturated heterocycles. The van der Waals surface area contributed by atoms with Crippen LogP contribution in [0.1, 0.15) is 12.6 Å². The van der Waals surface area contributed by atoms with Gasteiger partial charge in [-0.3, -0.25) is 0 Å². The molecule has 0 N–H and O–H groups in total. The third-order valence-electron chi connectivity index (χ3n) is 1.63. The smallest absolute Gasteiger partial charge is 0.228 e. The Hall–Kier alpha value is 1.32. The second-order valence-corrected chi connectivity index (χ2v) is 7.25. The summed E-state index contributed by atoms with van der Waals surface area (Å²) in [6.45, 7) is 2.54. The van der Waals surface area contributed by atoms with Crippen LogP contribution >= 0.6 is 80.6 Å². The first kappa shape index (κ1) is 14.4. The average molecular weight is 423 g/mol. The van der Waals surface area contributed by atoms with Crippen LogP contribution in [0.5, 0.6) is 0 Å². The number of rotatable bonds is 2. The van der Waals surface area contributed by atoms with Crippen LogP contribution in [0.2, 0.25) is 0 Å².